The summed E-state index contributed by atoms with van der Waals surface area (Å²) >= 11 is 0. The number of hydrogen-bond acceptors (Lipinski definition) is 3. The molecule has 4 nitrogen and oxygen atoms in total. The molecule has 0 aromatic carbocycles. The number of rotatable bonds is 9. The molecule has 16 heavy (non-hydrogen) atoms. The first-order chi connectivity index (χ1) is 7.65. The molecule has 0 aromatic rings. The highest BCUT2D eigenvalue weighted by atomic mass is 16.5. The highest BCUT2D eigenvalue weighted by Gasteiger charge is 2.16. The van der Waals surface area contributed by atoms with Gasteiger partial charge in [-0.05, 0) is 25.7 Å². The maximum absolute atomic E-state index is 11.7. The molecule has 0 aliphatic rings. The number of nitrogens with one attached hydrogen (secondary N) is 1. The van der Waals surface area contributed by atoms with Gasteiger partial charge in [-0.3, -0.25) is 4.79 Å². The third kappa shape index (κ3) is 6.80. The number of hydrogen-bond donors (Lipinski definition) is 2. The van der Waals surface area contributed by atoms with Gasteiger partial charge in [0.1, 0.15) is 0 Å². The minimum Gasteiger partial charge on any atom is -0.385 e. The molecule has 0 aromatic heterocycles. The standard InChI is InChI=1S/C12H26N2O2/c1-4-7-10(5-2)14-12(15)11(13)8-6-9-16-3/h10-11H,4-9,13H2,1-3H3,(H,14,15). The summed E-state index contributed by atoms with van der Waals surface area (Å²) in [5, 5.41) is 2.99. The fraction of sp³-hybridized carbons (Fsp3) is 0.917. The summed E-state index contributed by atoms with van der Waals surface area (Å²) in [4.78, 5) is 11.7. The Hall–Kier alpha value is -0.610. The Morgan fingerprint density at radius 2 is 2.06 bits per heavy atom. The second-order valence-corrected chi connectivity index (χ2v) is 4.14. The lowest BCUT2D eigenvalue weighted by atomic mass is 10.1. The minimum absolute atomic E-state index is 0.0311. The molecular weight excluding hydrogens is 204 g/mol. The highest BCUT2D eigenvalue weighted by Crippen LogP contribution is 2.02. The van der Waals surface area contributed by atoms with Crippen LogP contribution in [0.1, 0.15) is 46.0 Å². The lowest BCUT2D eigenvalue weighted by molar-refractivity contribution is -0.123. The fourth-order valence-corrected chi connectivity index (χ4v) is 1.61. The normalized spacial score (nSPS) is 14.5. The first-order valence-electron chi connectivity index (χ1n) is 6.20. The van der Waals surface area contributed by atoms with Crippen molar-refractivity contribution in [2.45, 2.75) is 58.0 Å². The Morgan fingerprint density at radius 3 is 2.56 bits per heavy atom. The number of carbonyl (C=O) groups is 1. The van der Waals surface area contributed by atoms with Crippen LogP contribution in [0.3, 0.4) is 0 Å². The predicted octanol–water partition coefficient (Wildman–Crippen LogP) is 1.44. The van der Waals surface area contributed by atoms with Crippen LogP contribution in [0.5, 0.6) is 0 Å². The second-order valence-electron chi connectivity index (χ2n) is 4.14. The molecule has 0 heterocycles. The van der Waals surface area contributed by atoms with Gasteiger partial charge in [-0.1, -0.05) is 20.3 Å². The van der Waals surface area contributed by atoms with Crippen LogP contribution >= 0.6 is 0 Å². The van der Waals surface area contributed by atoms with Crippen LogP contribution in [-0.4, -0.2) is 31.7 Å². The molecule has 2 atom stereocenters. The summed E-state index contributed by atoms with van der Waals surface area (Å²) in [6.07, 6.45) is 4.58. The van der Waals surface area contributed by atoms with Gasteiger partial charge in [0.15, 0.2) is 0 Å². The van der Waals surface area contributed by atoms with Gasteiger partial charge in [0, 0.05) is 19.8 Å². The van der Waals surface area contributed by atoms with Crippen LogP contribution in [0.15, 0.2) is 0 Å². The quantitative estimate of drug-likeness (QED) is 0.589. The smallest absolute Gasteiger partial charge is 0.237 e. The van der Waals surface area contributed by atoms with E-state index in [0.29, 0.717) is 13.0 Å². The minimum atomic E-state index is -0.402. The van der Waals surface area contributed by atoms with Crippen molar-refractivity contribution in [1.29, 1.82) is 0 Å². The van der Waals surface area contributed by atoms with E-state index in [0.717, 1.165) is 25.7 Å². The van der Waals surface area contributed by atoms with E-state index in [4.69, 9.17) is 10.5 Å². The van der Waals surface area contributed by atoms with Crippen LogP contribution < -0.4 is 11.1 Å². The van der Waals surface area contributed by atoms with Gasteiger partial charge in [0.2, 0.25) is 5.91 Å². The van der Waals surface area contributed by atoms with Gasteiger partial charge in [-0.25, -0.2) is 0 Å². The monoisotopic (exact) mass is 230 g/mol. The first kappa shape index (κ1) is 15.4. The van der Waals surface area contributed by atoms with Crippen LogP contribution in [0, 0.1) is 0 Å². The Balaban J connectivity index is 3.83. The maximum atomic E-state index is 11.7. The number of amides is 1. The average molecular weight is 230 g/mol. The molecule has 0 rings (SSSR count). The molecule has 0 fully saturated rings. The van der Waals surface area contributed by atoms with Crippen LogP contribution in [0.4, 0.5) is 0 Å². The second kappa shape index (κ2) is 9.60. The molecule has 0 saturated heterocycles. The van der Waals surface area contributed by atoms with Crippen molar-refractivity contribution in [3.63, 3.8) is 0 Å². The van der Waals surface area contributed by atoms with E-state index in [1.165, 1.54) is 0 Å². The summed E-state index contributed by atoms with van der Waals surface area (Å²) in [7, 11) is 1.65. The Kier molecular flexibility index (Phi) is 9.24. The zero-order valence-corrected chi connectivity index (χ0v) is 10.8. The summed E-state index contributed by atoms with van der Waals surface area (Å²) in [6, 6.07) is -0.132. The molecule has 0 radical (unpaired) electrons. The SMILES string of the molecule is CCCC(CC)NC(=O)C(N)CCCOC. The lowest BCUT2D eigenvalue weighted by Gasteiger charge is -2.19. The first-order valence-corrected chi connectivity index (χ1v) is 6.20. The molecule has 4 heteroatoms. The molecule has 0 spiro atoms. The molecule has 0 aliphatic carbocycles. The third-order valence-corrected chi connectivity index (χ3v) is 2.68. The van der Waals surface area contributed by atoms with Crippen LogP contribution in [0.25, 0.3) is 0 Å². The molecule has 0 aliphatic heterocycles. The lowest BCUT2D eigenvalue weighted by Crippen LogP contribution is -2.45. The third-order valence-electron chi connectivity index (χ3n) is 2.68. The largest absolute Gasteiger partial charge is 0.385 e. The number of carbonyl (C=O) groups excluding carboxylic acids is 1. The van der Waals surface area contributed by atoms with E-state index < -0.39 is 6.04 Å². The van der Waals surface area contributed by atoms with E-state index in [2.05, 4.69) is 19.2 Å². The zero-order chi connectivity index (χ0) is 12.4. The molecule has 3 N–H and O–H groups in total. The van der Waals surface area contributed by atoms with Crippen molar-refractivity contribution in [2.24, 2.45) is 5.73 Å². The van der Waals surface area contributed by atoms with Crippen molar-refractivity contribution >= 4 is 5.91 Å². The van der Waals surface area contributed by atoms with E-state index in [1.807, 2.05) is 0 Å². The number of ether oxygens (including phenoxy) is 1. The number of nitrogens with two attached hydrogens (primary N) is 1. The Morgan fingerprint density at radius 1 is 1.38 bits per heavy atom. The molecule has 1 amide bonds. The zero-order valence-electron chi connectivity index (χ0n) is 10.8. The summed E-state index contributed by atoms with van der Waals surface area (Å²) in [5.74, 6) is -0.0311. The van der Waals surface area contributed by atoms with Crippen molar-refractivity contribution in [3.8, 4) is 0 Å². The van der Waals surface area contributed by atoms with E-state index in [9.17, 15) is 4.79 Å². The van der Waals surface area contributed by atoms with Crippen LogP contribution in [-0.2, 0) is 9.53 Å². The average Bonchev–Trinajstić information content (AvgIpc) is 2.28. The molecule has 0 saturated carbocycles. The summed E-state index contributed by atoms with van der Waals surface area (Å²) in [5.41, 5.74) is 5.79. The summed E-state index contributed by atoms with van der Waals surface area (Å²) < 4.78 is 4.93. The molecule has 96 valence electrons. The van der Waals surface area contributed by atoms with E-state index in [1.54, 1.807) is 7.11 Å². The topological polar surface area (TPSA) is 64.4 Å². The summed E-state index contributed by atoms with van der Waals surface area (Å²) in [6.45, 7) is 4.86. The van der Waals surface area contributed by atoms with Crippen molar-refractivity contribution in [2.75, 3.05) is 13.7 Å². The van der Waals surface area contributed by atoms with Crippen molar-refractivity contribution < 1.29 is 9.53 Å². The van der Waals surface area contributed by atoms with Gasteiger partial charge in [0.25, 0.3) is 0 Å². The van der Waals surface area contributed by atoms with Crippen molar-refractivity contribution in [3.05, 3.63) is 0 Å². The number of methoxy groups -OCH3 is 1. The van der Waals surface area contributed by atoms with Gasteiger partial charge < -0.3 is 15.8 Å². The van der Waals surface area contributed by atoms with Gasteiger partial charge in [-0.15, -0.1) is 0 Å². The predicted molar refractivity (Wildman–Crippen MR) is 66.2 cm³/mol. The molecule has 2 unspecified atom stereocenters. The Bertz CT molecular complexity index is 186. The molecule has 0 bridgehead atoms. The van der Waals surface area contributed by atoms with Crippen LogP contribution in [0.2, 0.25) is 0 Å². The Labute approximate surface area is 98.9 Å². The van der Waals surface area contributed by atoms with Gasteiger partial charge in [-0.2, -0.15) is 0 Å². The maximum Gasteiger partial charge on any atom is 0.237 e. The van der Waals surface area contributed by atoms with E-state index in [-0.39, 0.29) is 11.9 Å². The van der Waals surface area contributed by atoms with Gasteiger partial charge >= 0.3 is 0 Å². The highest BCUT2D eigenvalue weighted by molar-refractivity contribution is 5.81. The fourth-order valence-electron chi connectivity index (χ4n) is 1.61. The van der Waals surface area contributed by atoms with E-state index >= 15 is 0 Å². The van der Waals surface area contributed by atoms with Crippen molar-refractivity contribution in [1.82, 2.24) is 5.32 Å². The van der Waals surface area contributed by atoms with Gasteiger partial charge in [0.05, 0.1) is 6.04 Å². The molecular formula is C12H26N2O2.